The Hall–Kier alpha value is -1.05. The number of ether oxygens (including phenoxy) is 1. The van der Waals surface area contributed by atoms with Crippen LogP contribution in [0.5, 0.6) is 0 Å². The summed E-state index contributed by atoms with van der Waals surface area (Å²) in [4.78, 5) is 0. The van der Waals surface area contributed by atoms with Crippen molar-refractivity contribution < 1.29 is 24.4 Å². The van der Waals surface area contributed by atoms with Crippen LogP contribution in [0.15, 0.2) is 24.3 Å². The molecule has 0 bridgehead atoms. The van der Waals surface area contributed by atoms with Gasteiger partial charge < -0.3 is 25.4 Å². The van der Waals surface area contributed by atoms with Gasteiger partial charge in [-0.3, -0.25) is 0 Å². The van der Waals surface area contributed by atoms with Gasteiger partial charge in [-0.15, -0.1) is 0 Å². The van der Waals surface area contributed by atoms with E-state index in [9.17, 15) is 19.7 Å². The Morgan fingerprint density at radius 2 is 1.95 bits per heavy atom. The summed E-state index contributed by atoms with van der Waals surface area (Å²) in [5.41, 5.74) is -0.363. The molecular weight excluding hydrogens is 277 g/mol. The summed E-state index contributed by atoms with van der Waals surface area (Å²) in [5.74, 6) is -0.337. The topological polar surface area (TPSA) is 82.0 Å². The van der Waals surface area contributed by atoms with Gasteiger partial charge in [0, 0.05) is 12.1 Å². The monoisotopic (exact) mass is 301 g/mol. The maximum absolute atomic E-state index is 13.3. The van der Waals surface area contributed by atoms with Crippen LogP contribution >= 0.6 is 0 Å². The first-order valence-electron chi connectivity index (χ1n) is 7.03. The fraction of sp³-hybridized carbons (Fsp3) is 0.600. The van der Waals surface area contributed by atoms with Crippen LogP contribution in [-0.2, 0) is 11.3 Å². The second kappa shape index (κ2) is 9.07. The largest absolute Gasteiger partial charge is 0.394 e. The molecule has 0 aliphatic rings. The van der Waals surface area contributed by atoms with Gasteiger partial charge in [-0.25, -0.2) is 4.39 Å². The molecule has 0 radical (unpaired) electrons. The molecule has 1 atom stereocenters. The van der Waals surface area contributed by atoms with Crippen LogP contribution in [0.4, 0.5) is 4.39 Å². The van der Waals surface area contributed by atoms with Crippen molar-refractivity contribution in [3.8, 4) is 0 Å². The predicted octanol–water partition coefficient (Wildman–Crippen LogP) is 0.426. The Balaban J connectivity index is 2.31. The number of β-amino-alcohol motifs (C(OH)–C–C–N with tert-alkyl or cyclic N) is 1. The third-order valence-electron chi connectivity index (χ3n) is 3.52. The van der Waals surface area contributed by atoms with E-state index in [1.807, 2.05) is 6.92 Å². The highest BCUT2D eigenvalue weighted by molar-refractivity contribution is 5.16. The van der Waals surface area contributed by atoms with Crippen LogP contribution in [0.2, 0.25) is 0 Å². The Morgan fingerprint density at radius 3 is 2.52 bits per heavy atom. The van der Waals surface area contributed by atoms with Crippen LogP contribution in [0.25, 0.3) is 0 Å². The molecular formula is C15H24FNO4. The van der Waals surface area contributed by atoms with Crippen molar-refractivity contribution in [1.82, 2.24) is 5.32 Å². The molecule has 0 spiro atoms. The van der Waals surface area contributed by atoms with Gasteiger partial charge in [0.2, 0.25) is 0 Å². The van der Waals surface area contributed by atoms with Crippen molar-refractivity contribution in [3.63, 3.8) is 0 Å². The van der Waals surface area contributed by atoms with E-state index in [1.54, 1.807) is 18.2 Å². The summed E-state index contributed by atoms with van der Waals surface area (Å²) < 4.78 is 18.6. The van der Waals surface area contributed by atoms with Crippen LogP contribution in [-0.4, -0.2) is 53.3 Å². The third-order valence-corrected chi connectivity index (χ3v) is 3.52. The average molecular weight is 301 g/mol. The average Bonchev–Trinajstić information content (AvgIpc) is 2.51. The molecule has 1 rings (SSSR count). The molecule has 21 heavy (non-hydrogen) atoms. The van der Waals surface area contributed by atoms with Crippen molar-refractivity contribution in [3.05, 3.63) is 35.6 Å². The molecule has 0 fully saturated rings. The molecule has 5 nitrogen and oxygen atoms in total. The van der Waals surface area contributed by atoms with Crippen molar-refractivity contribution in [2.24, 2.45) is 0 Å². The third kappa shape index (κ3) is 5.68. The lowest BCUT2D eigenvalue weighted by Gasteiger charge is -2.30. The number of aliphatic hydroxyl groups excluding tert-OH is 3. The summed E-state index contributed by atoms with van der Waals surface area (Å²) in [6, 6.07) is 6.30. The highest BCUT2D eigenvalue weighted by atomic mass is 19.1. The Kier molecular flexibility index (Phi) is 7.77. The number of rotatable bonds is 10. The normalized spacial score (nSPS) is 13.4. The van der Waals surface area contributed by atoms with E-state index in [4.69, 9.17) is 4.74 Å². The highest BCUT2D eigenvalue weighted by Crippen LogP contribution is 2.09. The first kappa shape index (κ1) is 18.0. The highest BCUT2D eigenvalue weighted by Gasteiger charge is 2.26. The molecule has 1 aromatic carbocycles. The lowest BCUT2D eigenvalue weighted by molar-refractivity contribution is 0.0147. The lowest BCUT2D eigenvalue weighted by atomic mass is 9.98. The zero-order valence-corrected chi connectivity index (χ0v) is 12.3. The fourth-order valence-corrected chi connectivity index (χ4v) is 1.82. The minimum Gasteiger partial charge on any atom is -0.394 e. The molecule has 0 saturated heterocycles. The summed E-state index contributed by atoms with van der Waals surface area (Å²) in [5, 5.41) is 31.3. The maximum atomic E-state index is 13.3. The number of nitrogens with one attached hydrogen (secondary N) is 1. The number of halogens is 1. The van der Waals surface area contributed by atoms with Crippen LogP contribution in [0, 0.1) is 5.82 Å². The minimum atomic E-state index is -0.805. The Labute approximate surface area is 124 Å². The summed E-state index contributed by atoms with van der Waals surface area (Å²) in [6.07, 6.45) is -0.274. The minimum absolute atomic E-state index is 0.0397. The van der Waals surface area contributed by atoms with E-state index in [1.165, 1.54) is 6.07 Å². The van der Waals surface area contributed by atoms with Gasteiger partial charge in [-0.1, -0.05) is 25.1 Å². The van der Waals surface area contributed by atoms with E-state index >= 15 is 0 Å². The van der Waals surface area contributed by atoms with Crippen LogP contribution in [0.3, 0.4) is 0 Å². The molecule has 6 heteroatoms. The zero-order chi connectivity index (χ0) is 15.7. The van der Waals surface area contributed by atoms with E-state index in [0.717, 1.165) is 0 Å². The number of hydrogen-bond acceptors (Lipinski definition) is 5. The second-order valence-corrected chi connectivity index (χ2v) is 5.09. The van der Waals surface area contributed by atoms with E-state index in [-0.39, 0.29) is 38.8 Å². The summed E-state index contributed by atoms with van der Waals surface area (Å²) >= 11 is 0. The molecule has 0 aliphatic heterocycles. The number of benzene rings is 1. The standard InChI is InChI=1S/C15H24FNO4/c1-2-15(10-18,11-19)17-7-13(20)9-21-8-12-5-3-4-6-14(12)16/h3-6,13,17-20H,2,7-11H2,1H3. The van der Waals surface area contributed by atoms with Gasteiger partial charge in [-0.05, 0) is 12.5 Å². The van der Waals surface area contributed by atoms with Gasteiger partial charge in [0.15, 0.2) is 0 Å². The quantitative estimate of drug-likeness (QED) is 0.504. The SMILES string of the molecule is CCC(CO)(CO)NCC(O)COCc1ccccc1F. The molecule has 4 N–H and O–H groups in total. The van der Waals surface area contributed by atoms with Crippen molar-refractivity contribution in [2.45, 2.75) is 31.6 Å². The maximum Gasteiger partial charge on any atom is 0.128 e. The van der Waals surface area contributed by atoms with Gasteiger partial charge in [0.1, 0.15) is 5.82 Å². The molecule has 0 heterocycles. The number of aliphatic hydroxyl groups is 3. The van der Waals surface area contributed by atoms with Crippen molar-refractivity contribution >= 4 is 0 Å². The van der Waals surface area contributed by atoms with Gasteiger partial charge in [0.25, 0.3) is 0 Å². The van der Waals surface area contributed by atoms with Gasteiger partial charge in [0.05, 0.1) is 38.1 Å². The van der Waals surface area contributed by atoms with E-state index in [2.05, 4.69) is 5.32 Å². The van der Waals surface area contributed by atoms with E-state index < -0.39 is 11.6 Å². The molecule has 1 unspecified atom stereocenters. The van der Waals surface area contributed by atoms with E-state index in [0.29, 0.717) is 12.0 Å². The first-order valence-corrected chi connectivity index (χ1v) is 7.03. The Bertz CT molecular complexity index is 404. The van der Waals surface area contributed by atoms with Crippen LogP contribution in [0.1, 0.15) is 18.9 Å². The summed E-state index contributed by atoms with van der Waals surface area (Å²) in [6.45, 7) is 1.69. The molecule has 0 aromatic heterocycles. The molecule has 120 valence electrons. The molecule has 0 saturated carbocycles. The van der Waals surface area contributed by atoms with Gasteiger partial charge >= 0.3 is 0 Å². The van der Waals surface area contributed by atoms with Crippen molar-refractivity contribution in [1.29, 1.82) is 0 Å². The van der Waals surface area contributed by atoms with Gasteiger partial charge in [-0.2, -0.15) is 0 Å². The fourth-order valence-electron chi connectivity index (χ4n) is 1.82. The lowest BCUT2D eigenvalue weighted by Crippen LogP contribution is -2.53. The molecule has 0 amide bonds. The molecule has 0 aliphatic carbocycles. The summed E-state index contributed by atoms with van der Waals surface area (Å²) in [7, 11) is 0. The van der Waals surface area contributed by atoms with Crippen molar-refractivity contribution in [2.75, 3.05) is 26.4 Å². The second-order valence-electron chi connectivity index (χ2n) is 5.09. The molecule has 1 aromatic rings. The first-order chi connectivity index (χ1) is 10.1. The zero-order valence-electron chi connectivity index (χ0n) is 12.3. The smallest absolute Gasteiger partial charge is 0.128 e. The number of hydrogen-bond donors (Lipinski definition) is 4. The van der Waals surface area contributed by atoms with Crippen LogP contribution < -0.4 is 5.32 Å². The Morgan fingerprint density at radius 1 is 1.29 bits per heavy atom. The predicted molar refractivity (Wildman–Crippen MR) is 77.3 cm³/mol.